The topological polar surface area (TPSA) is 66.5 Å². The lowest BCUT2D eigenvalue weighted by atomic mass is 9.98. The number of likely N-dealkylation sites (tertiary alicyclic amines) is 1. The highest BCUT2D eigenvalue weighted by molar-refractivity contribution is 7.92. The predicted octanol–water partition coefficient (Wildman–Crippen LogP) is 1.51. The van der Waals surface area contributed by atoms with Crippen LogP contribution in [0.3, 0.4) is 0 Å². The number of nitrogens with zero attached hydrogens (tertiary/aromatic N) is 1. The number of hydrogen-bond donors (Lipinski definition) is 1. The fraction of sp³-hybridized carbons (Fsp3) is 0.667. The van der Waals surface area contributed by atoms with Crippen molar-refractivity contribution in [1.29, 1.82) is 0 Å². The number of carbonyl (C=O) groups is 1. The molecular formula is C15H24N2O3S2. The molecule has 2 heterocycles. The Labute approximate surface area is 136 Å². The van der Waals surface area contributed by atoms with E-state index in [1.54, 1.807) is 11.3 Å². The zero-order valence-corrected chi connectivity index (χ0v) is 14.8. The zero-order valence-electron chi connectivity index (χ0n) is 13.1. The highest BCUT2D eigenvalue weighted by Gasteiger charge is 2.25. The molecule has 0 unspecified atom stereocenters. The van der Waals surface area contributed by atoms with Gasteiger partial charge in [0.2, 0.25) is 5.91 Å². The molecule has 0 bridgehead atoms. The standard InChI is InChI=1S/C15H24N2O3S2/c1-12(22(2,19)20)15(18)16-9-13-5-3-7-17(10-13)11-14-6-4-8-21-14/h4,6,8,12-13H,3,5,7,9-11H2,1-2H3,(H,16,18)/t12-,13-/m0/s1. The lowest BCUT2D eigenvalue weighted by molar-refractivity contribution is -0.120. The van der Waals surface area contributed by atoms with E-state index in [4.69, 9.17) is 0 Å². The number of piperidine rings is 1. The van der Waals surface area contributed by atoms with Gasteiger partial charge in [-0.05, 0) is 43.7 Å². The minimum atomic E-state index is -3.32. The second-order valence-corrected chi connectivity index (χ2v) is 9.44. The largest absolute Gasteiger partial charge is 0.355 e. The number of carbonyl (C=O) groups excluding carboxylic acids is 1. The normalized spacial score (nSPS) is 21.5. The van der Waals surface area contributed by atoms with Crippen molar-refractivity contribution in [3.05, 3.63) is 22.4 Å². The minimum Gasteiger partial charge on any atom is -0.355 e. The fourth-order valence-corrected chi connectivity index (χ4v) is 3.89. The lowest BCUT2D eigenvalue weighted by Crippen LogP contribution is -2.44. The van der Waals surface area contributed by atoms with Gasteiger partial charge in [-0.3, -0.25) is 9.69 Å². The van der Waals surface area contributed by atoms with Crippen LogP contribution in [0.25, 0.3) is 0 Å². The third kappa shape index (κ3) is 5.07. The Hall–Kier alpha value is -0.920. The van der Waals surface area contributed by atoms with Gasteiger partial charge in [-0.1, -0.05) is 6.07 Å². The molecule has 1 amide bonds. The Bertz CT molecular complexity index is 584. The number of thiophene rings is 1. The van der Waals surface area contributed by atoms with Crippen molar-refractivity contribution in [1.82, 2.24) is 10.2 Å². The van der Waals surface area contributed by atoms with E-state index in [2.05, 4.69) is 27.7 Å². The van der Waals surface area contributed by atoms with Gasteiger partial charge in [0.05, 0.1) is 0 Å². The van der Waals surface area contributed by atoms with E-state index >= 15 is 0 Å². The summed E-state index contributed by atoms with van der Waals surface area (Å²) in [6.07, 6.45) is 3.29. The Morgan fingerprint density at radius 3 is 2.95 bits per heavy atom. The first kappa shape index (κ1) is 17.4. The van der Waals surface area contributed by atoms with Crippen molar-refractivity contribution in [3.63, 3.8) is 0 Å². The second-order valence-electron chi connectivity index (χ2n) is 6.04. The van der Waals surface area contributed by atoms with Gasteiger partial charge >= 0.3 is 0 Å². The molecule has 1 N–H and O–H groups in total. The summed E-state index contributed by atoms with van der Waals surface area (Å²) in [5, 5.41) is 3.91. The molecule has 7 heteroatoms. The number of rotatable bonds is 6. The van der Waals surface area contributed by atoms with Crippen molar-refractivity contribution in [2.24, 2.45) is 5.92 Å². The van der Waals surface area contributed by atoms with E-state index in [1.165, 1.54) is 11.8 Å². The summed E-state index contributed by atoms with van der Waals surface area (Å²) in [5.41, 5.74) is 0. The van der Waals surface area contributed by atoms with Gasteiger partial charge in [0.25, 0.3) is 0 Å². The molecule has 1 aliphatic heterocycles. The van der Waals surface area contributed by atoms with Crippen LogP contribution in [0.1, 0.15) is 24.6 Å². The van der Waals surface area contributed by atoms with Crippen molar-refractivity contribution in [2.75, 3.05) is 25.9 Å². The van der Waals surface area contributed by atoms with Crippen LogP contribution >= 0.6 is 11.3 Å². The average Bonchev–Trinajstić information content (AvgIpc) is 2.96. The lowest BCUT2D eigenvalue weighted by Gasteiger charge is -2.32. The molecule has 1 aromatic rings. The zero-order chi connectivity index (χ0) is 16.2. The summed E-state index contributed by atoms with van der Waals surface area (Å²) in [6, 6.07) is 4.21. The third-order valence-corrected chi connectivity index (χ3v) is 6.50. The number of hydrogen-bond acceptors (Lipinski definition) is 5. The van der Waals surface area contributed by atoms with E-state index in [9.17, 15) is 13.2 Å². The van der Waals surface area contributed by atoms with E-state index < -0.39 is 21.0 Å². The summed E-state index contributed by atoms with van der Waals surface area (Å²) in [7, 11) is -3.32. The van der Waals surface area contributed by atoms with Gasteiger partial charge in [0.1, 0.15) is 5.25 Å². The summed E-state index contributed by atoms with van der Waals surface area (Å²) in [4.78, 5) is 15.6. The molecule has 1 aromatic heterocycles. The molecule has 1 aliphatic rings. The van der Waals surface area contributed by atoms with Crippen LogP contribution in [0, 0.1) is 5.92 Å². The number of nitrogens with one attached hydrogen (secondary N) is 1. The maximum atomic E-state index is 11.9. The molecule has 2 rings (SSSR count). The fourth-order valence-electron chi connectivity index (χ4n) is 2.67. The molecule has 5 nitrogen and oxygen atoms in total. The number of sulfone groups is 1. The van der Waals surface area contributed by atoms with E-state index in [0.29, 0.717) is 12.5 Å². The van der Waals surface area contributed by atoms with Gasteiger partial charge in [-0.2, -0.15) is 0 Å². The summed E-state index contributed by atoms with van der Waals surface area (Å²) in [6.45, 7) is 4.99. The molecule has 0 aromatic carbocycles. The van der Waals surface area contributed by atoms with Gasteiger partial charge in [-0.15, -0.1) is 11.3 Å². The summed E-state index contributed by atoms with van der Waals surface area (Å²) >= 11 is 1.76. The van der Waals surface area contributed by atoms with Gasteiger partial charge in [0, 0.05) is 30.8 Å². The Balaban J connectivity index is 1.79. The highest BCUT2D eigenvalue weighted by Crippen LogP contribution is 2.20. The van der Waals surface area contributed by atoms with E-state index in [-0.39, 0.29) is 0 Å². The second kappa shape index (κ2) is 7.57. The van der Waals surface area contributed by atoms with Crippen LogP contribution in [0.5, 0.6) is 0 Å². The predicted molar refractivity (Wildman–Crippen MR) is 89.6 cm³/mol. The van der Waals surface area contributed by atoms with Crippen LogP contribution in [0.4, 0.5) is 0 Å². The molecule has 0 spiro atoms. The molecular weight excluding hydrogens is 320 g/mol. The molecule has 0 radical (unpaired) electrons. The molecule has 0 aliphatic carbocycles. The smallest absolute Gasteiger partial charge is 0.238 e. The summed E-state index contributed by atoms with van der Waals surface area (Å²) < 4.78 is 22.8. The van der Waals surface area contributed by atoms with Crippen LogP contribution in [0.15, 0.2) is 17.5 Å². The van der Waals surface area contributed by atoms with Gasteiger partial charge in [0.15, 0.2) is 9.84 Å². The van der Waals surface area contributed by atoms with Gasteiger partial charge in [-0.25, -0.2) is 8.42 Å². The first-order valence-electron chi connectivity index (χ1n) is 7.57. The number of amides is 1. The highest BCUT2D eigenvalue weighted by atomic mass is 32.2. The first-order chi connectivity index (χ1) is 10.4. The van der Waals surface area contributed by atoms with Crippen LogP contribution < -0.4 is 5.32 Å². The monoisotopic (exact) mass is 344 g/mol. The molecule has 0 saturated carbocycles. The van der Waals surface area contributed by atoms with Crippen molar-refractivity contribution in [2.45, 2.75) is 31.6 Å². The maximum Gasteiger partial charge on any atom is 0.238 e. The first-order valence-corrected chi connectivity index (χ1v) is 10.4. The Morgan fingerprint density at radius 1 is 1.55 bits per heavy atom. The SMILES string of the molecule is C[C@@H](C(=O)NC[C@@H]1CCCN(Cc2cccs2)C1)S(C)(=O)=O. The van der Waals surface area contributed by atoms with Crippen LogP contribution in [-0.4, -0.2) is 50.4 Å². The molecule has 1 fully saturated rings. The molecule has 124 valence electrons. The Kier molecular flexibility index (Phi) is 6.00. The summed E-state index contributed by atoms with van der Waals surface area (Å²) in [5.74, 6) is 0.00213. The van der Waals surface area contributed by atoms with E-state index in [0.717, 1.165) is 38.7 Å². The molecule has 1 saturated heterocycles. The van der Waals surface area contributed by atoms with Crippen LogP contribution in [-0.2, 0) is 21.2 Å². The van der Waals surface area contributed by atoms with Gasteiger partial charge < -0.3 is 5.32 Å². The quantitative estimate of drug-likeness (QED) is 0.849. The van der Waals surface area contributed by atoms with Crippen molar-refractivity contribution < 1.29 is 13.2 Å². The average molecular weight is 345 g/mol. The van der Waals surface area contributed by atoms with E-state index in [1.807, 2.05) is 0 Å². The Morgan fingerprint density at radius 2 is 2.32 bits per heavy atom. The third-order valence-electron chi connectivity index (χ3n) is 4.14. The van der Waals surface area contributed by atoms with Crippen molar-refractivity contribution >= 4 is 27.1 Å². The molecule has 2 atom stereocenters. The maximum absolute atomic E-state index is 11.9. The van der Waals surface area contributed by atoms with Crippen LogP contribution in [0.2, 0.25) is 0 Å². The van der Waals surface area contributed by atoms with Crippen molar-refractivity contribution in [3.8, 4) is 0 Å². The minimum absolute atomic E-state index is 0.391. The molecule has 22 heavy (non-hydrogen) atoms.